The molecule has 2 aromatic rings. The van der Waals surface area contributed by atoms with Crippen LogP contribution in [0.15, 0.2) is 18.2 Å². The van der Waals surface area contributed by atoms with Gasteiger partial charge in [0.25, 0.3) is 0 Å². The predicted octanol–water partition coefficient (Wildman–Crippen LogP) is 2.26. The normalized spacial score (nSPS) is 10.2. The lowest BCUT2D eigenvalue weighted by Gasteiger charge is -1.99. The average Bonchev–Trinajstić information content (AvgIpc) is 2.47. The Morgan fingerprint density at radius 2 is 2.21 bits per heavy atom. The summed E-state index contributed by atoms with van der Waals surface area (Å²) in [6.45, 7) is 0. The first-order chi connectivity index (χ1) is 6.70. The molecule has 1 heterocycles. The van der Waals surface area contributed by atoms with E-state index < -0.39 is 0 Å². The fraction of sp³-hybridized carbons (Fsp3) is 0.100. The van der Waals surface area contributed by atoms with E-state index in [0.29, 0.717) is 12.1 Å². The van der Waals surface area contributed by atoms with Gasteiger partial charge in [-0.05, 0) is 17.7 Å². The van der Waals surface area contributed by atoms with Crippen LogP contribution in [0, 0.1) is 11.3 Å². The Morgan fingerprint density at radius 1 is 1.43 bits per heavy atom. The Hall–Kier alpha value is -1.73. The molecule has 3 N–H and O–H groups in total. The van der Waals surface area contributed by atoms with Crippen molar-refractivity contribution in [1.82, 2.24) is 0 Å². The van der Waals surface area contributed by atoms with Gasteiger partial charge < -0.3 is 10.8 Å². The van der Waals surface area contributed by atoms with E-state index in [4.69, 9.17) is 11.0 Å². The van der Waals surface area contributed by atoms with E-state index in [1.165, 1.54) is 11.3 Å². The summed E-state index contributed by atoms with van der Waals surface area (Å²) in [5.74, 6) is 0. The molecule has 0 atom stereocenters. The van der Waals surface area contributed by atoms with E-state index in [-0.39, 0.29) is 5.06 Å². The molecule has 14 heavy (non-hydrogen) atoms. The van der Waals surface area contributed by atoms with E-state index in [1.54, 1.807) is 12.1 Å². The van der Waals surface area contributed by atoms with Gasteiger partial charge in [-0.3, -0.25) is 0 Å². The first kappa shape index (κ1) is 8.85. The summed E-state index contributed by atoms with van der Waals surface area (Å²) in [6.07, 6.45) is 0.346. The van der Waals surface area contributed by atoms with E-state index in [0.717, 1.165) is 15.6 Å². The molecule has 4 heteroatoms. The van der Waals surface area contributed by atoms with Gasteiger partial charge in [-0.15, -0.1) is 0 Å². The Balaban J connectivity index is 2.66. The van der Waals surface area contributed by atoms with Gasteiger partial charge >= 0.3 is 0 Å². The monoisotopic (exact) mass is 204 g/mol. The molecule has 2 rings (SSSR count). The summed E-state index contributed by atoms with van der Waals surface area (Å²) < 4.78 is 0.924. The number of anilines is 1. The first-order valence-corrected chi connectivity index (χ1v) is 4.90. The fourth-order valence-corrected chi connectivity index (χ4v) is 2.30. The van der Waals surface area contributed by atoms with Crippen molar-refractivity contribution < 1.29 is 5.11 Å². The van der Waals surface area contributed by atoms with Crippen LogP contribution in [-0.2, 0) is 6.42 Å². The fourth-order valence-electron chi connectivity index (χ4n) is 1.41. The van der Waals surface area contributed by atoms with E-state index in [9.17, 15) is 5.11 Å². The van der Waals surface area contributed by atoms with Gasteiger partial charge in [0, 0.05) is 21.8 Å². The molecule has 0 spiro atoms. The van der Waals surface area contributed by atoms with Crippen molar-refractivity contribution >= 4 is 27.1 Å². The van der Waals surface area contributed by atoms with Crippen molar-refractivity contribution in [2.75, 3.05) is 5.73 Å². The number of hydrogen-bond acceptors (Lipinski definition) is 4. The number of nitriles is 1. The zero-order chi connectivity index (χ0) is 10.1. The highest BCUT2D eigenvalue weighted by Gasteiger charge is 2.05. The summed E-state index contributed by atoms with van der Waals surface area (Å²) in [5, 5.41) is 19.0. The number of rotatable bonds is 1. The van der Waals surface area contributed by atoms with Crippen LogP contribution in [-0.4, -0.2) is 5.11 Å². The number of fused-ring (bicyclic) bond motifs is 1. The molecule has 1 aromatic heterocycles. The van der Waals surface area contributed by atoms with Crippen LogP contribution in [0.4, 0.5) is 5.69 Å². The van der Waals surface area contributed by atoms with Crippen molar-refractivity contribution in [3.8, 4) is 11.1 Å². The SMILES string of the molecule is N#CCc1cc(N)c2cc(O)sc2c1. The third kappa shape index (κ3) is 1.38. The van der Waals surface area contributed by atoms with Crippen molar-refractivity contribution in [3.05, 3.63) is 23.8 Å². The number of nitrogen functional groups attached to an aromatic ring is 1. The minimum Gasteiger partial charge on any atom is -0.499 e. The first-order valence-electron chi connectivity index (χ1n) is 4.08. The second-order valence-corrected chi connectivity index (χ2v) is 4.08. The third-order valence-corrected chi connectivity index (χ3v) is 2.88. The average molecular weight is 204 g/mol. The van der Waals surface area contributed by atoms with Crippen LogP contribution in [0.5, 0.6) is 5.06 Å². The lowest BCUT2D eigenvalue weighted by atomic mass is 10.1. The number of nitrogens with two attached hydrogens (primary N) is 1. The molecule has 0 radical (unpaired) electrons. The molecule has 0 saturated heterocycles. The standard InChI is InChI=1S/C10H8N2OS/c11-2-1-6-3-8(12)7-5-10(13)14-9(7)4-6/h3-5,13H,1,12H2. The Morgan fingerprint density at radius 3 is 2.93 bits per heavy atom. The number of aromatic hydroxyl groups is 1. The van der Waals surface area contributed by atoms with E-state index in [1.807, 2.05) is 6.07 Å². The van der Waals surface area contributed by atoms with Gasteiger partial charge in [0.2, 0.25) is 0 Å². The predicted molar refractivity (Wildman–Crippen MR) is 57.2 cm³/mol. The summed E-state index contributed by atoms with van der Waals surface area (Å²) in [6, 6.07) is 7.38. The maximum absolute atomic E-state index is 9.30. The molecule has 0 unspecified atom stereocenters. The molecule has 0 fully saturated rings. The molecule has 3 nitrogen and oxygen atoms in total. The lowest BCUT2D eigenvalue weighted by Crippen LogP contribution is -1.88. The zero-order valence-electron chi connectivity index (χ0n) is 7.32. The molecule has 1 aromatic carbocycles. The highest BCUT2D eigenvalue weighted by molar-refractivity contribution is 7.20. The Bertz CT molecular complexity index is 525. The molecule has 0 aliphatic carbocycles. The topological polar surface area (TPSA) is 70.0 Å². The lowest BCUT2D eigenvalue weighted by molar-refractivity contribution is 0.491. The van der Waals surface area contributed by atoms with Crippen molar-refractivity contribution in [1.29, 1.82) is 5.26 Å². The van der Waals surface area contributed by atoms with Gasteiger partial charge in [-0.25, -0.2) is 0 Å². The quantitative estimate of drug-likeness (QED) is 0.700. The second-order valence-electron chi connectivity index (χ2n) is 3.02. The summed E-state index contributed by atoms with van der Waals surface area (Å²) in [5.41, 5.74) is 7.29. The summed E-state index contributed by atoms with van der Waals surface area (Å²) in [7, 11) is 0. The molecule has 0 bridgehead atoms. The van der Waals surface area contributed by atoms with Crippen molar-refractivity contribution in [2.24, 2.45) is 0 Å². The van der Waals surface area contributed by atoms with Crippen molar-refractivity contribution in [2.45, 2.75) is 6.42 Å². The maximum atomic E-state index is 9.30. The number of nitrogens with zero attached hydrogens (tertiary/aromatic N) is 1. The Labute approximate surface area is 85.0 Å². The molecule has 0 amide bonds. The van der Waals surface area contributed by atoms with Crippen LogP contribution >= 0.6 is 11.3 Å². The maximum Gasteiger partial charge on any atom is 0.172 e. The third-order valence-electron chi connectivity index (χ3n) is 2.00. The van der Waals surface area contributed by atoms with Crippen LogP contribution in [0.3, 0.4) is 0 Å². The van der Waals surface area contributed by atoms with Crippen LogP contribution in [0.25, 0.3) is 10.1 Å². The van der Waals surface area contributed by atoms with Crippen LogP contribution < -0.4 is 5.73 Å². The van der Waals surface area contributed by atoms with Crippen LogP contribution in [0.1, 0.15) is 5.56 Å². The second kappa shape index (κ2) is 3.20. The molecule has 0 aliphatic heterocycles. The van der Waals surface area contributed by atoms with Gasteiger partial charge in [-0.1, -0.05) is 11.3 Å². The van der Waals surface area contributed by atoms with Gasteiger partial charge in [0.15, 0.2) is 5.06 Å². The van der Waals surface area contributed by atoms with Gasteiger partial charge in [-0.2, -0.15) is 5.26 Å². The van der Waals surface area contributed by atoms with Crippen LogP contribution in [0.2, 0.25) is 0 Å². The minimum atomic E-state index is 0.251. The highest BCUT2D eigenvalue weighted by Crippen LogP contribution is 2.34. The molecule has 0 aliphatic rings. The van der Waals surface area contributed by atoms with E-state index >= 15 is 0 Å². The Kier molecular flexibility index (Phi) is 2.02. The van der Waals surface area contributed by atoms with Crippen molar-refractivity contribution in [3.63, 3.8) is 0 Å². The van der Waals surface area contributed by atoms with Gasteiger partial charge in [0.1, 0.15) is 0 Å². The zero-order valence-corrected chi connectivity index (χ0v) is 8.14. The summed E-state index contributed by atoms with van der Waals surface area (Å²) in [4.78, 5) is 0. The van der Waals surface area contributed by atoms with Gasteiger partial charge in [0.05, 0.1) is 12.5 Å². The number of thiophene rings is 1. The molecule has 70 valence electrons. The summed E-state index contributed by atoms with van der Waals surface area (Å²) >= 11 is 1.27. The molecular weight excluding hydrogens is 196 g/mol. The van der Waals surface area contributed by atoms with E-state index in [2.05, 4.69) is 6.07 Å². The largest absolute Gasteiger partial charge is 0.499 e. The highest BCUT2D eigenvalue weighted by atomic mass is 32.1. The number of benzene rings is 1. The minimum absolute atomic E-state index is 0.251. The smallest absolute Gasteiger partial charge is 0.172 e. The molecule has 0 saturated carbocycles. The molecular formula is C10H8N2OS. The number of hydrogen-bond donors (Lipinski definition) is 2.